The number of rotatable bonds is 12. The van der Waals surface area contributed by atoms with Gasteiger partial charge in [-0.15, -0.1) is 0 Å². The summed E-state index contributed by atoms with van der Waals surface area (Å²) in [5.41, 5.74) is 2.84. The first kappa shape index (κ1) is 28.8. The first-order valence-corrected chi connectivity index (χ1v) is 15.2. The summed E-state index contributed by atoms with van der Waals surface area (Å²) >= 11 is 0. The lowest BCUT2D eigenvalue weighted by Gasteiger charge is -2.23. The zero-order chi connectivity index (χ0) is 27.2. The van der Waals surface area contributed by atoms with Crippen LogP contribution >= 0.6 is 0 Å². The van der Waals surface area contributed by atoms with E-state index in [0.717, 1.165) is 11.1 Å². The van der Waals surface area contributed by atoms with Crippen LogP contribution in [0.5, 0.6) is 5.75 Å². The molecule has 1 atom stereocenters. The second kappa shape index (κ2) is 12.2. The average molecular weight is 545 g/mol. The lowest BCUT2D eigenvalue weighted by molar-refractivity contribution is 0.399. The van der Waals surface area contributed by atoms with Crippen LogP contribution in [-0.4, -0.2) is 34.3 Å². The predicted molar refractivity (Wildman–Crippen MR) is 146 cm³/mol. The summed E-state index contributed by atoms with van der Waals surface area (Å²) in [7, 11) is -6.10. The van der Waals surface area contributed by atoms with Crippen molar-refractivity contribution in [3.8, 4) is 5.75 Å². The van der Waals surface area contributed by atoms with Crippen LogP contribution in [0.4, 0.5) is 0 Å². The summed E-state index contributed by atoms with van der Waals surface area (Å²) in [5.74, 6) is 1.06. The molecule has 0 fully saturated rings. The number of hydrogen-bond acceptors (Lipinski definition) is 5. The van der Waals surface area contributed by atoms with Crippen molar-refractivity contribution in [3.63, 3.8) is 0 Å². The van der Waals surface area contributed by atoms with Gasteiger partial charge in [-0.25, -0.2) is 21.6 Å². The fraction of sp³-hybridized carbons (Fsp3) is 0.357. The summed E-state index contributed by atoms with van der Waals surface area (Å²) in [6, 6.07) is 20.3. The van der Waals surface area contributed by atoms with Crippen LogP contribution in [-0.2, 0) is 33.1 Å². The van der Waals surface area contributed by atoms with Gasteiger partial charge in [-0.1, -0.05) is 57.2 Å². The van der Waals surface area contributed by atoms with Crippen molar-refractivity contribution in [2.75, 3.05) is 7.11 Å². The van der Waals surface area contributed by atoms with Gasteiger partial charge in [0, 0.05) is 19.1 Å². The van der Waals surface area contributed by atoms with Gasteiger partial charge in [-0.2, -0.15) is 4.31 Å². The minimum absolute atomic E-state index is 0.0257. The topological polar surface area (TPSA) is 92.8 Å². The molecule has 7 nitrogen and oxygen atoms in total. The van der Waals surface area contributed by atoms with Crippen LogP contribution in [0.2, 0.25) is 0 Å². The summed E-state index contributed by atoms with van der Waals surface area (Å²) in [6.45, 7) is 8.20. The number of benzene rings is 3. The Morgan fingerprint density at radius 2 is 1.24 bits per heavy atom. The Kier molecular flexibility index (Phi) is 9.52. The molecule has 0 saturated heterocycles. The van der Waals surface area contributed by atoms with Crippen LogP contribution in [0.3, 0.4) is 0 Å². The highest BCUT2D eigenvalue weighted by atomic mass is 32.2. The summed E-state index contributed by atoms with van der Waals surface area (Å²) in [5, 5.41) is 0. The Hall–Kier alpha value is -2.72. The Balaban J connectivity index is 1.93. The molecule has 3 aromatic carbocycles. The van der Waals surface area contributed by atoms with Crippen molar-refractivity contribution in [1.29, 1.82) is 0 Å². The number of nitrogens with one attached hydrogen (secondary N) is 1. The van der Waals surface area contributed by atoms with Gasteiger partial charge in [0.1, 0.15) is 5.75 Å². The molecule has 0 radical (unpaired) electrons. The average Bonchev–Trinajstić information content (AvgIpc) is 2.88. The monoisotopic (exact) mass is 544 g/mol. The van der Waals surface area contributed by atoms with Crippen LogP contribution in [0.25, 0.3) is 0 Å². The molecule has 0 aliphatic heterocycles. The third-order valence-corrected chi connectivity index (χ3v) is 9.68. The van der Waals surface area contributed by atoms with E-state index in [9.17, 15) is 16.8 Å². The minimum atomic E-state index is -3.94. The van der Waals surface area contributed by atoms with Crippen molar-refractivity contribution in [2.45, 2.75) is 69.0 Å². The van der Waals surface area contributed by atoms with Crippen molar-refractivity contribution < 1.29 is 21.6 Å². The van der Waals surface area contributed by atoms with E-state index in [0.29, 0.717) is 18.1 Å². The number of methoxy groups -OCH3 is 1. The minimum Gasteiger partial charge on any atom is -0.497 e. The predicted octanol–water partition coefficient (Wildman–Crippen LogP) is 5.29. The van der Waals surface area contributed by atoms with Gasteiger partial charge in [-0.05, 0) is 72.4 Å². The van der Waals surface area contributed by atoms with Crippen molar-refractivity contribution in [2.24, 2.45) is 0 Å². The molecule has 3 rings (SSSR count). The Morgan fingerprint density at radius 1 is 0.757 bits per heavy atom. The number of sulfonamides is 2. The molecule has 0 aliphatic rings. The van der Waals surface area contributed by atoms with Crippen LogP contribution in [0, 0.1) is 0 Å². The summed E-state index contributed by atoms with van der Waals surface area (Å²) in [6.07, 6.45) is 0.643. The highest BCUT2D eigenvalue weighted by Gasteiger charge is 2.26. The molecule has 3 aromatic rings. The Morgan fingerprint density at radius 3 is 1.70 bits per heavy atom. The van der Waals surface area contributed by atoms with Gasteiger partial charge in [0.15, 0.2) is 0 Å². The van der Waals surface area contributed by atoms with E-state index in [1.54, 1.807) is 26.2 Å². The molecule has 0 aliphatic carbocycles. The van der Waals surface area contributed by atoms with Gasteiger partial charge in [-0.3, -0.25) is 0 Å². The molecular weight excluding hydrogens is 508 g/mol. The molecule has 9 heteroatoms. The molecule has 0 heterocycles. The lowest BCUT2D eigenvalue weighted by atomic mass is 10.0. The molecule has 0 spiro atoms. The van der Waals surface area contributed by atoms with Crippen LogP contribution < -0.4 is 9.46 Å². The number of hydrogen-bond donors (Lipinski definition) is 1. The van der Waals surface area contributed by atoms with Crippen molar-refractivity contribution >= 4 is 20.0 Å². The molecular formula is C28H36N2O5S2. The van der Waals surface area contributed by atoms with Gasteiger partial charge >= 0.3 is 0 Å². The highest BCUT2D eigenvalue weighted by molar-refractivity contribution is 7.89. The number of nitrogens with zero attached hydrogens (tertiary/aromatic N) is 1. The zero-order valence-electron chi connectivity index (χ0n) is 22.0. The third kappa shape index (κ3) is 7.41. The van der Waals surface area contributed by atoms with Crippen molar-refractivity contribution in [3.05, 3.63) is 89.5 Å². The first-order chi connectivity index (χ1) is 17.5. The quantitative estimate of drug-likeness (QED) is 0.335. The second-order valence-electron chi connectivity index (χ2n) is 9.42. The summed E-state index contributed by atoms with van der Waals surface area (Å²) < 4.78 is 62.0. The van der Waals surface area contributed by atoms with E-state index >= 15 is 0 Å². The van der Waals surface area contributed by atoms with Crippen LogP contribution in [0.1, 0.15) is 56.7 Å². The number of ether oxygens (including phenoxy) is 1. The molecule has 0 saturated carbocycles. The third-order valence-electron chi connectivity index (χ3n) is 6.26. The smallest absolute Gasteiger partial charge is 0.243 e. The van der Waals surface area contributed by atoms with Crippen LogP contribution in [0.15, 0.2) is 82.6 Å². The largest absolute Gasteiger partial charge is 0.497 e. The zero-order valence-corrected chi connectivity index (χ0v) is 23.6. The maximum atomic E-state index is 13.8. The molecule has 37 heavy (non-hydrogen) atoms. The molecule has 0 aromatic heterocycles. The SMILES string of the molecule is CC[C@H](C)NS(=O)(=O)c1ccc(S(=O)(=O)N(Cc2ccc(OC)cc2)Cc2ccc(C(C)C)cc2)cc1. The normalized spacial score (nSPS) is 13.2. The standard InChI is InChI=1S/C28H36N2O5S2/c1-6-22(4)29-36(31,32)27-15-17-28(18-16-27)37(33,34)30(20-24-9-13-26(35-5)14-10-24)19-23-7-11-25(12-8-23)21(2)3/h7-18,21-22,29H,6,19-20H2,1-5H3/t22-/m0/s1. The second-order valence-corrected chi connectivity index (χ2v) is 13.1. The first-order valence-electron chi connectivity index (χ1n) is 12.3. The molecule has 1 N–H and O–H groups in total. The van der Waals surface area contributed by atoms with Gasteiger partial charge in [0.25, 0.3) is 0 Å². The molecule has 0 bridgehead atoms. The molecule has 0 unspecified atom stereocenters. The highest BCUT2D eigenvalue weighted by Crippen LogP contribution is 2.24. The summed E-state index contributed by atoms with van der Waals surface area (Å²) in [4.78, 5) is 0.0556. The van der Waals surface area contributed by atoms with E-state index < -0.39 is 20.0 Å². The van der Waals surface area contributed by atoms with Crippen molar-refractivity contribution in [1.82, 2.24) is 9.03 Å². The van der Waals surface area contributed by atoms with Gasteiger partial charge in [0.2, 0.25) is 20.0 Å². The maximum absolute atomic E-state index is 13.8. The van der Waals surface area contributed by atoms with Gasteiger partial charge in [0.05, 0.1) is 16.9 Å². The van der Waals surface area contributed by atoms with E-state index in [4.69, 9.17) is 4.74 Å². The molecule has 200 valence electrons. The molecule has 0 amide bonds. The van der Waals surface area contributed by atoms with E-state index in [-0.39, 0.29) is 28.9 Å². The fourth-order valence-corrected chi connectivity index (χ4v) is 6.47. The lowest BCUT2D eigenvalue weighted by Crippen LogP contribution is -2.32. The maximum Gasteiger partial charge on any atom is 0.243 e. The fourth-order valence-electron chi connectivity index (χ4n) is 3.73. The Bertz CT molecular complexity index is 1370. The Labute approximate surface area is 221 Å². The van der Waals surface area contributed by atoms with E-state index in [2.05, 4.69) is 18.6 Å². The van der Waals surface area contributed by atoms with E-state index in [1.807, 2.05) is 43.3 Å². The van der Waals surface area contributed by atoms with E-state index in [1.165, 1.54) is 34.1 Å². The van der Waals surface area contributed by atoms with Gasteiger partial charge < -0.3 is 4.74 Å².